The van der Waals surface area contributed by atoms with Gasteiger partial charge in [-0.2, -0.15) is 5.10 Å². The molecular weight excluding hydrogens is 472 g/mol. The molecule has 1 aliphatic rings. The summed E-state index contributed by atoms with van der Waals surface area (Å²) in [4.78, 5) is 13.3. The summed E-state index contributed by atoms with van der Waals surface area (Å²) in [6.07, 6.45) is 2.83. The van der Waals surface area contributed by atoms with E-state index in [4.69, 9.17) is 14.2 Å². The minimum absolute atomic E-state index is 0.138. The van der Waals surface area contributed by atoms with E-state index in [1.807, 2.05) is 17.8 Å². The van der Waals surface area contributed by atoms with Gasteiger partial charge in [-0.05, 0) is 6.54 Å². The fourth-order valence-electron chi connectivity index (χ4n) is 4.00. The van der Waals surface area contributed by atoms with E-state index in [9.17, 15) is 8.78 Å². The van der Waals surface area contributed by atoms with Gasteiger partial charge in [0.15, 0.2) is 34.7 Å². The molecule has 3 heterocycles. The number of hydrogen-bond acceptors (Lipinski definition) is 9. The lowest BCUT2D eigenvalue weighted by atomic mass is 10.1. The second-order valence-electron chi connectivity index (χ2n) is 8.40. The first-order valence-corrected chi connectivity index (χ1v) is 11.7. The fourth-order valence-corrected chi connectivity index (χ4v) is 4.00. The highest BCUT2D eigenvalue weighted by Crippen LogP contribution is 2.32. The van der Waals surface area contributed by atoms with Crippen LogP contribution in [-0.2, 0) is 20.2 Å². The van der Waals surface area contributed by atoms with Crippen molar-refractivity contribution in [3.8, 4) is 17.2 Å². The predicted octanol–water partition coefficient (Wildman–Crippen LogP) is 2.97. The standard InChI is InChI=1S/C24H31F2N7O3/c1-5-32-6-8-33(9-7-32)14-16-10-21(30-31(16)2)29-24-27-12-17(13-28-24)36-15-18-22(25)19(34-3)11-20(35-4)23(18)26/h10-13H,5-9,14-15H2,1-4H3,(H,27,28,29,30). The van der Waals surface area contributed by atoms with E-state index in [1.165, 1.54) is 26.6 Å². The van der Waals surface area contributed by atoms with Gasteiger partial charge in [-0.25, -0.2) is 18.7 Å². The number of benzene rings is 1. The van der Waals surface area contributed by atoms with Crippen LogP contribution in [0.3, 0.4) is 0 Å². The minimum atomic E-state index is -0.854. The summed E-state index contributed by atoms with van der Waals surface area (Å²) in [6, 6.07) is 3.12. The SMILES string of the molecule is CCN1CCN(Cc2cc(Nc3ncc(OCc4c(F)c(OC)cc(OC)c4F)cn3)nn2C)CC1. The molecule has 0 atom stereocenters. The van der Waals surface area contributed by atoms with E-state index in [-0.39, 0.29) is 22.8 Å². The largest absolute Gasteiger partial charge is 0.494 e. The number of likely N-dealkylation sites (N-methyl/N-ethyl adjacent to an activating group) is 1. The molecule has 0 radical (unpaired) electrons. The molecule has 0 unspecified atom stereocenters. The van der Waals surface area contributed by atoms with Gasteiger partial charge >= 0.3 is 0 Å². The van der Waals surface area contributed by atoms with E-state index < -0.39 is 18.2 Å². The maximum absolute atomic E-state index is 14.5. The highest BCUT2D eigenvalue weighted by Gasteiger charge is 2.21. The van der Waals surface area contributed by atoms with Crippen molar-refractivity contribution in [3.63, 3.8) is 0 Å². The smallest absolute Gasteiger partial charge is 0.228 e. The summed E-state index contributed by atoms with van der Waals surface area (Å²) >= 11 is 0. The van der Waals surface area contributed by atoms with E-state index in [1.54, 1.807) is 0 Å². The number of rotatable bonds is 10. The van der Waals surface area contributed by atoms with Gasteiger partial charge < -0.3 is 24.4 Å². The lowest BCUT2D eigenvalue weighted by Crippen LogP contribution is -2.45. The molecule has 2 aromatic heterocycles. The molecule has 3 aromatic rings. The third-order valence-electron chi connectivity index (χ3n) is 6.19. The monoisotopic (exact) mass is 503 g/mol. The van der Waals surface area contributed by atoms with Gasteiger partial charge in [0.2, 0.25) is 5.95 Å². The molecule has 0 bridgehead atoms. The Morgan fingerprint density at radius 3 is 2.14 bits per heavy atom. The first-order chi connectivity index (χ1) is 17.4. The number of aromatic nitrogens is 4. The normalized spacial score (nSPS) is 14.6. The van der Waals surface area contributed by atoms with E-state index in [0.717, 1.165) is 51.0 Å². The average molecular weight is 504 g/mol. The van der Waals surface area contributed by atoms with Crippen molar-refractivity contribution in [3.05, 3.63) is 47.4 Å². The van der Waals surface area contributed by atoms with Crippen LogP contribution in [0.15, 0.2) is 24.5 Å². The van der Waals surface area contributed by atoms with Gasteiger partial charge in [-0.3, -0.25) is 9.58 Å². The van der Waals surface area contributed by atoms with Crippen molar-refractivity contribution < 1.29 is 23.0 Å². The quantitative estimate of drug-likeness (QED) is 0.449. The number of piperazine rings is 1. The van der Waals surface area contributed by atoms with E-state index in [2.05, 4.69) is 37.1 Å². The molecule has 4 rings (SSSR count). The lowest BCUT2D eigenvalue weighted by molar-refractivity contribution is 0.129. The first kappa shape index (κ1) is 25.6. The fraction of sp³-hybridized carbons (Fsp3) is 0.458. The average Bonchev–Trinajstić information content (AvgIpc) is 3.23. The molecule has 1 aromatic carbocycles. The molecular formula is C24H31F2N7O3. The third-order valence-corrected chi connectivity index (χ3v) is 6.19. The van der Waals surface area contributed by atoms with Crippen LogP contribution in [0, 0.1) is 11.6 Å². The number of nitrogens with one attached hydrogen (secondary N) is 1. The number of halogens is 2. The van der Waals surface area contributed by atoms with Crippen LogP contribution in [0.4, 0.5) is 20.5 Å². The Morgan fingerprint density at radius 1 is 0.944 bits per heavy atom. The van der Waals surface area contributed by atoms with Crippen molar-refractivity contribution in [1.82, 2.24) is 29.5 Å². The summed E-state index contributed by atoms with van der Waals surface area (Å²) < 4.78 is 46.3. The summed E-state index contributed by atoms with van der Waals surface area (Å²) in [5, 5.41) is 7.58. The van der Waals surface area contributed by atoms with E-state index in [0.29, 0.717) is 11.8 Å². The zero-order valence-corrected chi connectivity index (χ0v) is 20.9. The van der Waals surface area contributed by atoms with Crippen LogP contribution in [0.2, 0.25) is 0 Å². The molecule has 0 saturated carbocycles. The topological polar surface area (TPSA) is 89.8 Å². The number of aryl methyl sites for hydroxylation is 1. The molecule has 0 amide bonds. The van der Waals surface area contributed by atoms with Crippen LogP contribution >= 0.6 is 0 Å². The van der Waals surface area contributed by atoms with Crippen molar-refractivity contribution in [1.29, 1.82) is 0 Å². The summed E-state index contributed by atoms with van der Waals surface area (Å²) in [7, 11) is 4.49. The Morgan fingerprint density at radius 2 is 1.56 bits per heavy atom. The minimum Gasteiger partial charge on any atom is -0.494 e. The van der Waals surface area contributed by atoms with Crippen LogP contribution in [0.25, 0.3) is 0 Å². The van der Waals surface area contributed by atoms with E-state index >= 15 is 0 Å². The third kappa shape index (κ3) is 5.82. The maximum Gasteiger partial charge on any atom is 0.228 e. The Bertz CT molecular complexity index is 1140. The second-order valence-corrected chi connectivity index (χ2v) is 8.40. The number of methoxy groups -OCH3 is 2. The van der Waals surface area contributed by atoms with Crippen molar-refractivity contribution in [2.24, 2.45) is 7.05 Å². The lowest BCUT2D eigenvalue weighted by Gasteiger charge is -2.33. The number of anilines is 2. The van der Waals surface area contributed by atoms with Gasteiger partial charge in [0.05, 0.1) is 37.9 Å². The molecule has 1 fully saturated rings. The van der Waals surface area contributed by atoms with Gasteiger partial charge in [0.1, 0.15) is 6.61 Å². The van der Waals surface area contributed by atoms with Crippen molar-refractivity contribution >= 4 is 11.8 Å². The molecule has 1 saturated heterocycles. The Labute approximate surface area is 208 Å². The zero-order valence-electron chi connectivity index (χ0n) is 20.9. The zero-order chi connectivity index (χ0) is 25.7. The van der Waals surface area contributed by atoms with Crippen LogP contribution < -0.4 is 19.5 Å². The number of ether oxygens (including phenoxy) is 3. The van der Waals surface area contributed by atoms with Crippen molar-refractivity contribution in [2.75, 3.05) is 52.3 Å². The first-order valence-electron chi connectivity index (χ1n) is 11.7. The highest BCUT2D eigenvalue weighted by atomic mass is 19.1. The molecule has 10 nitrogen and oxygen atoms in total. The Balaban J connectivity index is 1.36. The number of nitrogens with zero attached hydrogens (tertiary/aromatic N) is 6. The van der Waals surface area contributed by atoms with Crippen LogP contribution in [-0.4, -0.2) is 76.5 Å². The van der Waals surface area contributed by atoms with Gasteiger partial charge in [0, 0.05) is 51.9 Å². The van der Waals surface area contributed by atoms with Gasteiger partial charge in [-0.1, -0.05) is 6.92 Å². The molecule has 0 aliphatic carbocycles. The second kappa shape index (κ2) is 11.5. The molecule has 0 spiro atoms. The molecule has 194 valence electrons. The Kier molecular flexibility index (Phi) is 8.16. The maximum atomic E-state index is 14.5. The molecule has 36 heavy (non-hydrogen) atoms. The highest BCUT2D eigenvalue weighted by molar-refractivity contribution is 5.48. The summed E-state index contributed by atoms with van der Waals surface area (Å²) in [5.41, 5.74) is 0.769. The predicted molar refractivity (Wildman–Crippen MR) is 130 cm³/mol. The summed E-state index contributed by atoms with van der Waals surface area (Å²) in [5.74, 6) is -0.790. The van der Waals surface area contributed by atoms with Crippen LogP contribution in [0.5, 0.6) is 17.2 Å². The molecule has 1 aliphatic heterocycles. The Hall–Kier alpha value is -3.51. The van der Waals surface area contributed by atoms with Gasteiger partial charge in [-0.15, -0.1) is 0 Å². The van der Waals surface area contributed by atoms with Crippen molar-refractivity contribution in [2.45, 2.75) is 20.1 Å². The number of hydrogen-bond donors (Lipinski definition) is 1. The molecule has 12 heteroatoms. The van der Waals surface area contributed by atoms with Gasteiger partial charge in [0.25, 0.3) is 0 Å². The van der Waals surface area contributed by atoms with Crippen LogP contribution in [0.1, 0.15) is 18.2 Å². The molecule has 1 N–H and O–H groups in total. The summed E-state index contributed by atoms with van der Waals surface area (Å²) in [6.45, 7) is 7.91.